The van der Waals surface area contributed by atoms with Crippen molar-refractivity contribution in [2.24, 2.45) is 0 Å². The molecule has 4 rings (SSSR count). The van der Waals surface area contributed by atoms with Gasteiger partial charge in [0.05, 0.1) is 5.56 Å². The van der Waals surface area contributed by atoms with Crippen LogP contribution in [0.15, 0.2) is 59.0 Å². The van der Waals surface area contributed by atoms with Crippen molar-refractivity contribution in [3.63, 3.8) is 0 Å². The zero-order valence-corrected chi connectivity index (χ0v) is 18.0. The number of aromatic carboxylic acids is 1. The average Bonchev–Trinajstić information content (AvgIpc) is 2.72. The first-order valence-electron chi connectivity index (χ1n) is 9.49. The Bertz CT molecular complexity index is 1330. The number of nitrogens with zero attached hydrogens (tertiary/aromatic N) is 2. The fourth-order valence-electron chi connectivity index (χ4n) is 3.70. The molecule has 2 aromatic rings. The van der Waals surface area contributed by atoms with Crippen LogP contribution in [0.4, 0.5) is 5.69 Å². The Morgan fingerprint density at radius 3 is 2.43 bits per heavy atom. The summed E-state index contributed by atoms with van der Waals surface area (Å²) in [5.74, 6) is -0.449. The van der Waals surface area contributed by atoms with E-state index >= 15 is 0 Å². The highest BCUT2D eigenvalue weighted by molar-refractivity contribution is 6.33. The van der Waals surface area contributed by atoms with Gasteiger partial charge in [-0.25, -0.2) is 9.37 Å². The van der Waals surface area contributed by atoms with Gasteiger partial charge < -0.3 is 14.4 Å². The minimum absolute atomic E-state index is 0.232. The fourth-order valence-corrected chi connectivity index (χ4v) is 4.07. The van der Waals surface area contributed by atoms with Gasteiger partial charge in [-0.15, -0.1) is 0 Å². The lowest BCUT2D eigenvalue weighted by Crippen LogP contribution is -2.23. The summed E-state index contributed by atoms with van der Waals surface area (Å²) in [6, 6.07) is 16.8. The molecular weight excluding hydrogens is 400 g/mol. The third-order valence-corrected chi connectivity index (χ3v) is 5.58. The Morgan fingerprint density at radius 1 is 1.03 bits per heavy atom. The first-order chi connectivity index (χ1) is 14.3. The molecule has 2 aromatic carbocycles. The molecule has 0 bridgehead atoms. The van der Waals surface area contributed by atoms with Crippen LogP contribution in [0.5, 0.6) is 0 Å². The van der Waals surface area contributed by atoms with E-state index in [9.17, 15) is 9.90 Å². The minimum Gasteiger partial charge on any atom is -0.478 e. The Hall–Kier alpha value is -3.31. The molecule has 0 fully saturated rings. The van der Waals surface area contributed by atoms with Crippen LogP contribution < -0.4 is 14.8 Å². The van der Waals surface area contributed by atoms with Gasteiger partial charge in [-0.1, -0.05) is 29.8 Å². The zero-order chi connectivity index (χ0) is 21.6. The molecule has 0 amide bonds. The van der Waals surface area contributed by atoms with Crippen molar-refractivity contribution >= 4 is 34.2 Å². The number of rotatable bonds is 3. The summed E-state index contributed by atoms with van der Waals surface area (Å²) in [5.41, 5.74) is 4.04. The molecule has 152 valence electrons. The van der Waals surface area contributed by atoms with E-state index in [1.165, 1.54) is 0 Å². The molecular formula is C24H22ClN2O3+. The van der Waals surface area contributed by atoms with Crippen LogP contribution in [-0.4, -0.2) is 39.3 Å². The van der Waals surface area contributed by atoms with Gasteiger partial charge in [-0.2, -0.15) is 0 Å². The largest absolute Gasteiger partial charge is 0.478 e. The quantitative estimate of drug-likeness (QED) is 0.386. The van der Waals surface area contributed by atoms with Crippen molar-refractivity contribution in [2.75, 3.05) is 33.1 Å². The molecule has 6 heteroatoms. The topological polar surface area (TPSA) is 56.7 Å². The molecule has 0 radical (unpaired) electrons. The number of anilines is 1. The van der Waals surface area contributed by atoms with Crippen molar-refractivity contribution in [3.8, 4) is 22.5 Å². The molecule has 1 aliphatic heterocycles. The summed E-state index contributed by atoms with van der Waals surface area (Å²) in [7, 11) is 7.75. The first-order valence-corrected chi connectivity index (χ1v) is 9.87. The van der Waals surface area contributed by atoms with E-state index in [4.69, 9.17) is 16.0 Å². The zero-order valence-electron chi connectivity index (χ0n) is 17.2. The summed E-state index contributed by atoms with van der Waals surface area (Å²) in [6.07, 6.45) is 0. The predicted molar refractivity (Wildman–Crippen MR) is 122 cm³/mol. The Morgan fingerprint density at radius 2 is 1.77 bits per heavy atom. The summed E-state index contributed by atoms with van der Waals surface area (Å²) >= 11 is 6.74. The monoisotopic (exact) mass is 421 g/mol. The van der Waals surface area contributed by atoms with Crippen molar-refractivity contribution in [1.29, 1.82) is 0 Å². The smallest absolute Gasteiger partial charge is 0.336 e. The fraction of sp³-hybridized carbons (Fsp3) is 0.167. The molecule has 0 saturated heterocycles. The van der Waals surface area contributed by atoms with Crippen LogP contribution in [-0.2, 0) is 0 Å². The highest BCUT2D eigenvalue weighted by Crippen LogP contribution is 2.43. The number of carboxylic acid groups (broad SMARTS) is 1. The highest BCUT2D eigenvalue weighted by atomic mass is 35.5. The number of carboxylic acids is 1. The van der Waals surface area contributed by atoms with Crippen molar-refractivity contribution < 1.29 is 14.3 Å². The molecule has 0 spiro atoms. The van der Waals surface area contributed by atoms with E-state index in [1.807, 2.05) is 80.1 Å². The first kappa shape index (κ1) is 20.0. The molecule has 0 unspecified atom stereocenters. The number of halogens is 1. The maximum atomic E-state index is 12.0. The molecule has 0 saturated carbocycles. The molecule has 1 heterocycles. The SMILES string of the molecule is CN(C)c1ccc2c(-c3ccccc3C(=O)O)c3ccc(=[N+](C)C)c(Cl)c-3oc2c1. The van der Waals surface area contributed by atoms with Gasteiger partial charge in [-0.3, -0.25) is 0 Å². The van der Waals surface area contributed by atoms with Gasteiger partial charge >= 0.3 is 5.97 Å². The molecule has 0 aromatic heterocycles. The van der Waals surface area contributed by atoms with Crippen LogP contribution in [0.1, 0.15) is 10.4 Å². The summed E-state index contributed by atoms with van der Waals surface area (Å²) < 4.78 is 8.21. The number of fused-ring (bicyclic) bond motifs is 2. The predicted octanol–water partition coefficient (Wildman–Crippen LogP) is 4.65. The van der Waals surface area contributed by atoms with Crippen LogP contribution in [0, 0.1) is 0 Å². The molecule has 1 N–H and O–H groups in total. The second-order valence-electron chi connectivity index (χ2n) is 7.57. The summed E-state index contributed by atoms with van der Waals surface area (Å²) in [4.78, 5) is 13.9. The summed E-state index contributed by atoms with van der Waals surface area (Å²) in [6.45, 7) is 0. The van der Waals surface area contributed by atoms with Gasteiger partial charge in [0.15, 0.2) is 10.8 Å². The van der Waals surface area contributed by atoms with E-state index in [2.05, 4.69) is 0 Å². The summed E-state index contributed by atoms with van der Waals surface area (Å²) in [5, 5.41) is 11.9. The normalized spacial score (nSPS) is 11.1. The van der Waals surface area contributed by atoms with Crippen molar-refractivity contribution in [1.82, 2.24) is 4.58 Å². The minimum atomic E-state index is -0.978. The Labute approximate surface area is 179 Å². The second-order valence-corrected chi connectivity index (χ2v) is 7.95. The lowest BCUT2D eigenvalue weighted by molar-refractivity contribution is 0.0697. The van der Waals surface area contributed by atoms with E-state index in [0.717, 1.165) is 27.6 Å². The van der Waals surface area contributed by atoms with E-state index < -0.39 is 5.97 Å². The lowest BCUT2D eigenvalue weighted by Gasteiger charge is -2.19. The molecule has 2 aliphatic rings. The molecule has 5 nitrogen and oxygen atoms in total. The maximum Gasteiger partial charge on any atom is 0.336 e. The molecule has 30 heavy (non-hydrogen) atoms. The average molecular weight is 422 g/mol. The van der Waals surface area contributed by atoms with E-state index in [-0.39, 0.29) is 5.56 Å². The van der Waals surface area contributed by atoms with Gasteiger partial charge in [0.2, 0.25) is 5.36 Å². The van der Waals surface area contributed by atoms with Crippen LogP contribution in [0.3, 0.4) is 0 Å². The molecule has 0 atom stereocenters. The number of carbonyl (C=O) groups is 1. The van der Waals surface area contributed by atoms with E-state index in [0.29, 0.717) is 21.9 Å². The standard InChI is InChI=1S/C24H21ClN2O3/c1-26(2)14-9-10-17-20(13-14)30-23-18(11-12-19(22(23)25)27(3)4)21(17)15-7-5-6-8-16(15)24(28)29/h5-13H,1-4H3/p+1. The number of hydrogen-bond donors (Lipinski definition) is 1. The Kier molecular flexibility index (Phi) is 5.00. The van der Waals surface area contributed by atoms with Crippen LogP contribution in [0.2, 0.25) is 5.02 Å². The third-order valence-electron chi connectivity index (χ3n) is 5.22. The van der Waals surface area contributed by atoms with Crippen LogP contribution >= 0.6 is 11.6 Å². The van der Waals surface area contributed by atoms with Gasteiger partial charge in [0, 0.05) is 48.4 Å². The van der Waals surface area contributed by atoms with Gasteiger partial charge in [0.25, 0.3) is 0 Å². The molecule has 1 aliphatic carbocycles. The van der Waals surface area contributed by atoms with Crippen molar-refractivity contribution in [3.05, 3.63) is 70.5 Å². The Balaban J connectivity index is 2.23. The highest BCUT2D eigenvalue weighted by Gasteiger charge is 2.24. The van der Waals surface area contributed by atoms with Gasteiger partial charge in [0.1, 0.15) is 19.7 Å². The van der Waals surface area contributed by atoms with E-state index in [1.54, 1.807) is 12.1 Å². The van der Waals surface area contributed by atoms with Gasteiger partial charge in [-0.05, 0) is 29.8 Å². The lowest BCUT2D eigenvalue weighted by atomic mass is 9.90. The number of benzene rings is 3. The third kappa shape index (κ3) is 3.21. The maximum absolute atomic E-state index is 12.0. The number of hydrogen-bond acceptors (Lipinski definition) is 3. The van der Waals surface area contributed by atoms with Crippen molar-refractivity contribution in [2.45, 2.75) is 0 Å². The second kappa shape index (κ2) is 7.50. The van der Waals surface area contributed by atoms with Crippen LogP contribution in [0.25, 0.3) is 33.4 Å².